The number of ether oxygens (including phenoxy) is 1. The molecule has 0 bridgehead atoms. The van der Waals surface area contributed by atoms with E-state index >= 15 is 0 Å². The number of likely N-dealkylation sites (tertiary alicyclic amines) is 1. The van der Waals surface area contributed by atoms with E-state index < -0.39 is 0 Å². The summed E-state index contributed by atoms with van der Waals surface area (Å²) in [5.74, 6) is 0.750. The Balaban J connectivity index is 1.55. The molecule has 6 heteroatoms. The molecule has 25 heavy (non-hydrogen) atoms. The molecule has 5 nitrogen and oxygen atoms in total. The Morgan fingerprint density at radius 3 is 2.16 bits per heavy atom. The maximum absolute atomic E-state index is 12.2. The van der Waals surface area contributed by atoms with E-state index in [4.69, 9.17) is 14.0 Å². The molecule has 136 valence electrons. The summed E-state index contributed by atoms with van der Waals surface area (Å²) < 4.78 is 17.7. The van der Waals surface area contributed by atoms with Crippen molar-refractivity contribution >= 4 is 18.5 Å². The van der Waals surface area contributed by atoms with Crippen LogP contribution in [0.2, 0.25) is 0 Å². The Kier molecular flexibility index (Phi) is 5.12. The standard InChI is InChI=1S/C19H28BNO4/c1-18(2)19(3,4)25-20(24-18)15-8-10-16(11-9-15)23-14-17(22)21-12-6-5-7-13-21/h8-11H,5-7,12-14H2,1-4H3. The minimum absolute atomic E-state index is 0.0646. The number of rotatable bonds is 4. The summed E-state index contributed by atoms with van der Waals surface area (Å²) in [4.78, 5) is 14.0. The number of benzene rings is 1. The minimum Gasteiger partial charge on any atom is -0.484 e. The lowest BCUT2D eigenvalue weighted by molar-refractivity contribution is -0.134. The van der Waals surface area contributed by atoms with Crippen LogP contribution >= 0.6 is 0 Å². The SMILES string of the molecule is CC1(C)OB(c2ccc(OCC(=O)N3CCCCC3)cc2)OC1(C)C. The monoisotopic (exact) mass is 345 g/mol. The molecule has 1 aromatic rings. The van der Waals surface area contributed by atoms with Gasteiger partial charge in [-0.25, -0.2) is 0 Å². The van der Waals surface area contributed by atoms with Crippen LogP contribution < -0.4 is 10.2 Å². The van der Waals surface area contributed by atoms with Crippen LogP contribution in [0.1, 0.15) is 47.0 Å². The van der Waals surface area contributed by atoms with Crippen LogP contribution in [0, 0.1) is 0 Å². The van der Waals surface area contributed by atoms with Gasteiger partial charge in [-0.1, -0.05) is 12.1 Å². The van der Waals surface area contributed by atoms with Gasteiger partial charge < -0.3 is 18.9 Å². The van der Waals surface area contributed by atoms with Gasteiger partial charge in [0.1, 0.15) is 5.75 Å². The van der Waals surface area contributed by atoms with Crippen molar-refractivity contribution in [3.8, 4) is 5.75 Å². The number of piperidine rings is 1. The Hall–Kier alpha value is -1.53. The van der Waals surface area contributed by atoms with Gasteiger partial charge >= 0.3 is 7.12 Å². The van der Waals surface area contributed by atoms with Crippen molar-refractivity contribution < 1.29 is 18.8 Å². The van der Waals surface area contributed by atoms with Gasteiger partial charge in [-0.15, -0.1) is 0 Å². The summed E-state index contributed by atoms with van der Waals surface area (Å²) in [6.07, 6.45) is 3.40. The van der Waals surface area contributed by atoms with E-state index in [1.807, 2.05) is 56.9 Å². The first-order valence-electron chi connectivity index (χ1n) is 9.15. The zero-order valence-corrected chi connectivity index (χ0v) is 15.7. The highest BCUT2D eigenvalue weighted by Crippen LogP contribution is 2.36. The van der Waals surface area contributed by atoms with E-state index in [0.29, 0.717) is 5.75 Å². The first-order valence-corrected chi connectivity index (χ1v) is 9.15. The minimum atomic E-state index is -0.381. The third kappa shape index (κ3) is 4.01. The second-order valence-electron chi connectivity index (χ2n) is 7.89. The summed E-state index contributed by atoms with van der Waals surface area (Å²) in [5, 5.41) is 0. The van der Waals surface area contributed by atoms with Crippen molar-refractivity contribution in [2.45, 2.75) is 58.2 Å². The lowest BCUT2D eigenvalue weighted by Crippen LogP contribution is -2.41. The van der Waals surface area contributed by atoms with Gasteiger partial charge in [0.2, 0.25) is 0 Å². The number of hydrogen-bond acceptors (Lipinski definition) is 4. The second-order valence-corrected chi connectivity index (χ2v) is 7.89. The largest absolute Gasteiger partial charge is 0.494 e. The van der Waals surface area contributed by atoms with Crippen LogP contribution in [0.3, 0.4) is 0 Å². The van der Waals surface area contributed by atoms with E-state index in [1.165, 1.54) is 6.42 Å². The van der Waals surface area contributed by atoms with Crippen LogP contribution in [0.25, 0.3) is 0 Å². The van der Waals surface area contributed by atoms with E-state index in [2.05, 4.69) is 0 Å². The van der Waals surface area contributed by atoms with E-state index in [9.17, 15) is 4.79 Å². The quantitative estimate of drug-likeness (QED) is 0.786. The van der Waals surface area contributed by atoms with Crippen LogP contribution in [0.15, 0.2) is 24.3 Å². The predicted octanol–water partition coefficient (Wildman–Crippen LogP) is 2.38. The summed E-state index contributed by atoms with van der Waals surface area (Å²) >= 11 is 0. The first-order chi connectivity index (χ1) is 11.8. The fourth-order valence-electron chi connectivity index (χ4n) is 3.08. The molecule has 0 unspecified atom stereocenters. The molecule has 2 saturated heterocycles. The molecule has 0 aliphatic carbocycles. The van der Waals surface area contributed by atoms with Gasteiger partial charge in [0.15, 0.2) is 6.61 Å². The molecule has 2 fully saturated rings. The number of carbonyl (C=O) groups excluding carboxylic acids is 1. The van der Waals surface area contributed by atoms with Crippen molar-refractivity contribution in [2.75, 3.05) is 19.7 Å². The molecular weight excluding hydrogens is 317 g/mol. The van der Waals surface area contributed by atoms with E-state index in [-0.39, 0.29) is 30.8 Å². The van der Waals surface area contributed by atoms with Gasteiger partial charge in [-0.2, -0.15) is 0 Å². The molecule has 0 saturated carbocycles. The lowest BCUT2D eigenvalue weighted by atomic mass is 9.79. The molecule has 2 aliphatic rings. The number of carbonyl (C=O) groups is 1. The fraction of sp³-hybridized carbons (Fsp3) is 0.632. The summed E-state index contributed by atoms with van der Waals surface area (Å²) in [7, 11) is -0.381. The Morgan fingerprint density at radius 2 is 1.60 bits per heavy atom. The lowest BCUT2D eigenvalue weighted by Gasteiger charge is -2.32. The molecule has 0 atom stereocenters. The molecule has 0 aromatic heterocycles. The topological polar surface area (TPSA) is 48.0 Å². The van der Waals surface area contributed by atoms with Crippen molar-refractivity contribution in [1.29, 1.82) is 0 Å². The normalized spacial score (nSPS) is 22.1. The highest BCUT2D eigenvalue weighted by atomic mass is 16.7. The fourth-order valence-corrected chi connectivity index (χ4v) is 3.08. The van der Waals surface area contributed by atoms with Crippen molar-refractivity contribution in [1.82, 2.24) is 4.90 Å². The van der Waals surface area contributed by atoms with Crippen molar-refractivity contribution in [3.63, 3.8) is 0 Å². The second kappa shape index (κ2) is 7.00. The average Bonchev–Trinajstić information content (AvgIpc) is 2.82. The third-order valence-electron chi connectivity index (χ3n) is 5.48. The Labute approximate surface area is 150 Å². The maximum Gasteiger partial charge on any atom is 0.494 e. The van der Waals surface area contributed by atoms with Crippen LogP contribution in [0.4, 0.5) is 0 Å². The van der Waals surface area contributed by atoms with Gasteiger partial charge in [-0.05, 0) is 64.6 Å². The number of nitrogens with zero attached hydrogens (tertiary/aromatic N) is 1. The summed E-state index contributed by atoms with van der Waals surface area (Å²) in [6.45, 7) is 9.95. The van der Waals surface area contributed by atoms with Gasteiger partial charge in [0.05, 0.1) is 11.2 Å². The third-order valence-corrected chi connectivity index (χ3v) is 5.48. The summed E-state index contributed by atoms with van der Waals surface area (Å²) in [5.41, 5.74) is 0.245. The van der Waals surface area contributed by atoms with Gasteiger partial charge in [-0.3, -0.25) is 4.79 Å². The molecule has 3 rings (SSSR count). The Morgan fingerprint density at radius 1 is 1.04 bits per heavy atom. The molecule has 0 spiro atoms. The van der Waals surface area contributed by atoms with E-state index in [1.54, 1.807) is 0 Å². The van der Waals surface area contributed by atoms with E-state index in [0.717, 1.165) is 31.4 Å². The van der Waals surface area contributed by atoms with Crippen LogP contribution in [-0.4, -0.2) is 48.8 Å². The first kappa shape index (κ1) is 18.3. The Bertz CT molecular complexity index is 592. The molecule has 0 radical (unpaired) electrons. The van der Waals surface area contributed by atoms with Crippen molar-refractivity contribution in [3.05, 3.63) is 24.3 Å². The summed E-state index contributed by atoms with van der Waals surface area (Å²) in [6, 6.07) is 7.60. The predicted molar refractivity (Wildman–Crippen MR) is 98.1 cm³/mol. The van der Waals surface area contributed by atoms with Crippen LogP contribution in [-0.2, 0) is 14.1 Å². The number of amides is 1. The maximum atomic E-state index is 12.2. The smallest absolute Gasteiger partial charge is 0.484 e. The zero-order valence-electron chi connectivity index (χ0n) is 15.7. The molecule has 2 aliphatic heterocycles. The van der Waals surface area contributed by atoms with Crippen LogP contribution in [0.5, 0.6) is 5.75 Å². The van der Waals surface area contributed by atoms with Gasteiger partial charge in [0.25, 0.3) is 5.91 Å². The molecule has 2 heterocycles. The highest BCUT2D eigenvalue weighted by molar-refractivity contribution is 6.62. The molecule has 1 amide bonds. The van der Waals surface area contributed by atoms with Crippen molar-refractivity contribution in [2.24, 2.45) is 0 Å². The molecular formula is C19H28BNO4. The zero-order chi connectivity index (χ0) is 18.1. The molecule has 0 N–H and O–H groups in total. The highest BCUT2D eigenvalue weighted by Gasteiger charge is 2.51. The molecule has 1 aromatic carbocycles. The number of hydrogen-bond donors (Lipinski definition) is 0. The average molecular weight is 345 g/mol. The van der Waals surface area contributed by atoms with Gasteiger partial charge in [0, 0.05) is 13.1 Å².